The lowest BCUT2D eigenvalue weighted by Gasteiger charge is -2.31. The van der Waals surface area contributed by atoms with E-state index in [0.29, 0.717) is 30.9 Å². The summed E-state index contributed by atoms with van der Waals surface area (Å²) in [6, 6.07) is 0. The molecule has 0 saturated carbocycles. The molecule has 10 N–H and O–H groups in total. The molecule has 0 aliphatic heterocycles. The summed E-state index contributed by atoms with van der Waals surface area (Å²) in [5.41, 5.74) is 0. The summed E-state index contributed by atoms with van der Waals surface area (Å²) >= 11 is 7.86. The Kier molecular flexibility index (Phi) is 23.9. The molecule has 44 heavy (non-hydrogen) atoms. The molecule has 17 nitrogen and oxygen atoms in total. The van der Waals surface area contributed by atoms with Crippen molar-refractivity contribution in [2.24, 2.45) is 0 Å². The van der Waals surface area contributed by atoms with E-state index in [4.69, 9.17) is 34.3 Å². The zero-order chi connectivity index (χ0) is 36.0. The Morgan fingerprint density at radius 1 is 0.614 bits per heavy atom. The van der Waals surface area contributed by atoms with Crippen LogP contribution in [-0.4, -0.2) is 122 Å². The Labute approximate surface area is 270 Å². The van der Waals surface area contributed by atoms with E-state index in [2.05, 4.69) is 25.3 Å². The third kappa shape index (κ3) is 21.6. The average molecular weight is 800 g/mol. The van der Waals surface area contributed by atoms with Crippen LogP contribution in [0.4, 0.5) is 0 Å². The van der Waals surface area contributed by atoms with Crippen molar-refractivity contribution >= 4 is 70.2 Å². The minimum Gasteiger partial charge on any atom is -0.369 e. The van der Waals surface area contributed by atoms with E-state index in [0.717, 1.165) is 32.8 Å². The molecule has 0 aromatic heterocycles. The molecule has 0 aliphatic rings. The molecule has 0 fully saturated rings. The number of aliphatic hydroxyl groups is 1. The summed E-state index contributed by atoms with van der Waals surface area (Å²) in [5, 5.41) is 4.02. The summed E-state index contributed by atoms with van der Waals surface area (Å²) in [6.07, 6.45) is 2.47. The van der Waals surface area contributed by atoms with Crippen LogP contribution in [-0.2, 0) is 27.4 Å². The van der Waals surface area contributed by atoms with Crippen LogP contribution in [0.2, 0.25) is 0 Å². The minimum atomic E-state index is -5.05. The largest absolute Gasteiger partial charge is 0.369 e. The second-order valence-electron chi connectivity index (χ2n) is 10.6. The molecule has 0 aromatic rings. The van der Waals surface area contributed by atoms with Crippen LogP contribution in [0.1, 0.15) is 51.4 Å². The third-order valence-corrected chi connectivity index (χ3v) is 20.3. The van der Waals surface area contributed by atoms with Gasteiger partial charge in [-0.15, -0.1) is 0 Å². The number of hydrogen-bond acceptors (Lipinski definition) is 10. The Morgan fingerprint density at radius 2 is 0.977 bits per heavy atom. The molecule has 0 rings (SSSR count). The molecule has 6 unspecified atom stereocenters. The van der Waals surface area contributed by atoms with Crippen LogP contribution in [0.15, 0.2) is 0 Å². The van der Waals surface area contributed by atoms with Crippen molar-refractivity contribution in [3.8, 4) is 0 Å². The van der Waals surface area contributed by atoms with Gasteiger partial charge in [0.15, 0.2) is 0 Å². The normalized spacial score (nSPS) is 19.5. The van der Waals surface area contributed by atoms with E-state index in [1.807, 2.05) is 0 Å². The molecule has 0 amide bonds. The maximum absolute atomic E-state index is 11.4. The molecule has 0 aromatic carbocycles. The van der Waals surface area contributed by atoms with Gasteiger partial charge in [0.1, 0.15) is 10.8 Å². The lowest BCUT2D eigenvalue weighted by atomic mass is 10.2. The highest BCUT2D eigenvalue weighted by Crippen LogP contribution is 2.69. The first-order valence-corrected chi connectivity index (χ1v) is 25.7. The van der Waals surface area contributed by atoms with E-state index in [-0.39, 0.29) is 19.3 Å². The fourth-order valence-electron chi connectivity index (χ4n) is 3.49. The first-order valence-electron chi connectivity index (χ1n) is 13.0. The highest BCUT2D eigenvalue weighted by Gasteiger charge is 2.56. The van der Waals surface area contributed by atoms with E-state index < -0.39 is 67.2 Å². The Bertz CT molecular complexity index is 1040. The molecule has 0 radical (unpaired) electrons. The van der Waals surface area contributed by atoms with Crippen LogP contribution < -0.4 is 0 Å². The van der Waals surface area contributed by atoms with E-state index in [1.54, 1.807) is 19.0 Å². The molecule has 0 spiro atoms. The quantitative estimate of drug-likeness (QED) is 0.0539. The van der Waals surface area contributed by atoms with Crippen molar-refractivity contribution in [1.82, 2.24) is 4.90 Å². The van der Waals surface area contributed by atoms with Crippen molar-refractivity contribution in [2.75, 3.05) is 52.1 Å². The van der Waals surface area contributed by atoms with Gasteiger partial charge in [0, 0.05) is 20.0 Å². The van der Waals surface area contributed by atoms with Crippen LogP contribution in [0.3, 0.4) is 0 Å². The Balaban J connectivity index is -0.000000576. The monoisotopic (exact) mass is 799 g/mol. The van der Waals surface area contributed by atoms with Crippen LogP contribution >= 0.6 is 70.2 Å². The molecule has 0 heterocycles. The summed E-state index contributed by atoms with van der Waals surface area (Å²) in [7, 11) is -22.2. The van der Waals surface area contributed by atoms with Crippen molar-refractivity contribution in [3.63, 3.8) is 0 Å². The van der Waals surface area contributed by atoms with E-state index in [9.17, 15) is 42.3 Å². The number of thiol groups is 2. The van der Waals surface area contributed by atoms with Crippen molar-refractivity contribution in [3.05, 3.63) is 0 Å². The minimum absolute atomic E-state index is 0.0258. The molecule has 0 bridgehead atoms. The fraction of sp³-hybridized carbons (Fsp3) is 1.00. The average Bonchev–Trinajstić information content (AvgIpc) is 2.74. The first kappa shape index (κ1) is 50.0. The number of nitrogens with zero attached hydrogens (tertiary/aromatic N) is 1. The fourth-order valence-corrected chi connectivity index (χ4v) is 13.7. The van der Waals surface area contributed by atoms with Crippen molar-refractivity contribution < 1.29 is 76.5 Å². The summed E-state index contributed by atoms with van der Waals surface area (Å²) < 4.78 is 66.6. The lowest BCUT2D eigenvalue weighted by Crippen LogP contribution is -2.29. The van der Waals surface area contributed by atoms with Crippen molar-refractivity contribution in [2.45, 2.75) is 67.2 Å². The standard InChI is InChI=1S/C7H19NO6P2.C7H18O5P2S.C5H14O5P2S/c1-8(2)6-4-5-7(9,15(3,10)11)16(12,13)14;1-13(8,9)7(14(10,11)12)5-3-2-4-6-15;1-11(6,7)5(3-2-4-13)12(8,9)10/h9H,4-6H2,1-3H3,(H,10,11)(H2,12,13,14);7,15H,2-6H2,1H3,(H,8,9)(H2,10,11,12);5,13H,2-4H2,1H3,(H,6,7)(H2,8,9,10). The van der Waals surface area contributed by atoms with Gasteiger partial charge < -0.3 is 54.0 Å². The lowest BCUT2D eigenvalue weighted by molar-refractivity contribution is 0.136. The number of unbranched alkanes of at least 4 members (excludes halogenated alkanes) is 2. The second kappa shape index (κ2) is 21.0. The van der Waals surface area contributed by atoms with Crippen LogP contribution in [0.5, 0.6) is 0 Å². The Morgan fingerprint density at radius 3 is 1.23 bits per heavy atom. The van der Waals surface area contributed by atoms with Gasteiger partial charge in [0.25, 0.3) is 0 Å². The van der Waals surface area contributed by atoms with Gasteiger partial charge in [-0.25, -0.2) is 0 Å². The Hall–Kier alpha value is 1.64. The smallest absolute Gasteiger partial charge is 0.366 e. The zero-order valence-corrected chi connectivity index (χ0v) is 32.5. The molecule has 6 atom stereocenters. The molecule has 270 valence electrons. The van der Waals surface area contributed by atoms with Gasteiger partial charge in [-0.05, 0) is 70.7 Å². The highest BCUT2D eigenvalue weighted by molar-refractivity contribution is 7.80. The van der Waals surface area contributed by atoms with Gasteiger partial charge in [-0.3, -0.25) is 27.4 Å². The van der Waals surface area contributed by atoms with Gasteiger partial charge in [-0.1, -0.05) is 12.8 Å². The molecule has 0 aliphatic carbocycles. The predicted molar refractivity (Wildman–Crippen MR) is 179 cm³/mol. The van der Waals surface area contributed by atoms with E-state index in [1.165, 1.54) is 0 Å². The third-order valence-electron chi connectivity index (χ3n) is 5.87. The van der Waals surface area contributed by atoms with Crippen molar-refractivity contribution in [1.29, 1.82) is 0 Å². The van der Waals surface area contributed by atoms with Gasteiger partial charge in [0.05, 0.1) is 0 Å². The molecular weight excluding hydrogens is 748 g/mol. The number of hydrogen-bond donors (Lipinski definition) is 12. The topological polar surface area (TPSA) is 308 Å². The second-order valence-corrected chi connectivity index (χ2v) is 25.6. The van der Waals surface area contributed by atoms with Gasteiger partial charge >= 0.3 is 22.8 Å². The maximum atomic E-state index is 11.4. The molecular formula is C19H51NO16P6S2. The number of rotatable bonds is 18. The predicted octanol–water partition coefficient (Wildman–Crippen LogP) is 3.03. The highest BCUT2D eigenvalue weighted by atomic mass is 32.1. The SMILES string of the molecule is CN(C)CCCC(O)(P(C)(=O)O)P(=O)(O)O.CP(=O)(O)C(CCCCCS)P(=O)(O)O.CP(=O)(O)C(CCCS)P(=O)(O)O. The van der Waals surface area contributed by atoms with Crippen LogP contribution in [0, 0.1) is 0 Å². The summed E-state index contributed by atoms with van der Waals surface area (Å²) in [4.78, 5) is 82.6. The van der Waals surface area contributed by atoms with Gasteiger partial charge in [-0.2, -0.15) is 25.3 Å². The van der Waals surface area contributed by atoms with E-state index >= 15 is 0 Å². The van der Waals surface area contributed by atoms with Crippen LogP contribution in [0.25, 0.3) is 0 Å². The summed E-state index contributed by atoms with van der Waals surface area (Å²) in [6.45, 7) is 3.18. The first-order chi connectivity index (χ1) is 19.3. The molecule has 25 heteroatoms. The zero-order valence-electron chi connectivity index (χ0n) is 25.4. The molecule has 0 saturated heterocycles. The summed E-state index contributed by atoms with van der Waals surface area (Å²) in [5.74, 6) is 1.15. The maximum Gasteiger partial charge on any atom is 0.366 e. The van der Waals surface area contributed by atoms with Gasteiger partial charge in [0.2, 0.25) is 27.2 Å².